The molecule has 0 aliphatic rings. The Morgan fingerprint density at radius 1 is 1.12 bits per heavy atom. The summed E-state index contributed by atoms with van der Waals surface area (Å²) in [5.74, 6) is 1.52. The number of methoxy groups -OCH3 is 2. The fraction of sp³-hybridized carbons (Fsp3) is 0.200. The maximum Gasteiger partial charge on any atom is 0.277 e. The Labute approximate surface area is 153 Å². The SMILES string of the molecule is C=CCc1ccccc1OCC(=O)N/N=C/c1ccc(OC)c(OC)c1. The van der Waals surface area contributed by atoms with Gasteiger partial charge in [0.2, 0.25) is 0 Å². The van der Waals surface area contributed by atoms with Crippen molar-refractivity contribution in [3.63, 3.8) is 0 Å². The van der Waals surface area contributed by atoms with Crippen LogP contribution in [0.5, 0.6) is 17.2 Å². The number of amides is 1. The van der Waals surface area contributed by atoms with Gasteiger partial charge in [0.15, 0.2) is 18.1 Å². The summed E-state index contributed by atoms with van der Waals surface area (Å²) in [4.78, 5) is 11.9. The van der Waals surface area contributed by atoms with Crippen LogP contribution in [0.1, 0.15) is 11.1 Å². The molecule has 0 aromatic heterocycles. The zero-order valence-electron chi connectivity index (χ0n) is 14.9. The normalized spacial score (nSPS) is 10.4. The molecule has 6 heteroatoms. The highest BCUT2D eigenvalue weighted by Crippen LogP contribution is 2.26. The molecule has 0 aliphatic heterocycles. The lowest BCUT2D eigenvalue weighted by atomic mass is 10.1. The number of para-hydroxylation sites is 1. The number of hydrogen-bond donors (Lipinski definition) is 1. The summed E-state index contributed by atoms with van der Waals surface area (Å²) in [5, 5.41) is 3.93. The second-order valence-electron chi connectivity index (χ2n) is 5.30. The molecule has 1 amide bonds. The predicted molar refractivity (Wildman–Crippen MR) is 101 cm³/mol. The maximum absolute atomic E-state index is 11.9. The van der Waals surface area contributed by atoms with Crippen molar-refractivity contribution in [2.75, 3.05) is 20.8 Å². The van der Waals surface area contributed by atoms with Crippen LogP contribution in [0, 0.1) is 0 Å². The minimum Gasteiger partial charge on any atom is -0.493 e. The molecule has 0 spiro atoms. The monoisotopic (exact) mass is 354 g/mol. The van der Waals surface area contributed by atoms with Crippen molar-refractivity contribution in [3.8, 4) is 17.2 Å². The van der Waals surface area contributed by atoms with E-state index < -0.39 is 0 Å². The van der Waals surface area contributed by atoms with Gasteiger partial charge in [-0.25, -0.2) is 5.43 Å². The number of hydrazone groups is 1. The number of nitrogens with zero attached hydrogens (tertiary/aromatic N) is 1. The molecule has 2 aromatic rings. The van der Waals surface area contributed by atoms with Crippen LogP contribution in [-0.4, -0.2) is 32.9 Å². The Balaban J connectivity index is 1.89. The van der Waals surface area contributed by atoms with Gasteiger partial charge in [0, 0.05) is 0 Å². The first-order chi connectivity index (χ1) is 12.7. The van der Waals surface area contributed by atoms with Gasteiger partial charge >= 0.3 is 0 Å². The van der Waals surface area contributed by atoms with Gasteiger partial charge in [-0.1, -0.05) is 24.3 Å². The predicted octanol–water partition coefficient (Wildman–Crippen LogP) is 2.96. The van der Waals surface area contributed by atoms with Crippen LogP contribution in [0.15, 0.2) is 60.2 Å². The molecule has 0 aliphatic carbocycles. The van der Waals surface area contributed by atoms with E-state index in [9.17, 15) is 4.79 Å². The number of rotatable bonds is 9. The number of nitrogens with one attached hydrogen (secondary N) is 1. The maximum atomic E-state index is 11.9. The molecule has 136 valence electrons. The Hall–Kier alpha value is -3.28. The van der Waals surface area contributed by atoms with E-state index in [1.165, 1.54) is 6.21 Å². The molecule has 0 fully saturated rings. The van der Waals surface area contributed by atoms with E-state index in [1.807, 2.05) is 24.3 Å². The minimum absolute atomic E-state index is 0.128. The van der Waals surface area contributed by atoms with Crippen molar-refractivity contribution < 1.29 is 19.0 Å². The Bertz CT molecular complexity index is 787. The quantitative estimate of drug-likeness (QED) is 0.427. The van der Waals surface area contributed by atoms with E-state index >= 15 is 0 Å². The van der Waals surface area contributed by atoms with E-state index in [4.69, 9.17) is 14.2 Å². The smallest absolute Gasteiger partial charge is 0.277 e. The van der Waals surface area contributed by atoms with Crippen molar-refractivity contribution in [2.45, 2.75) is 6.42 Å². The largest absolute Gasteiger partial charge is 0.493 e. The van der Waals surface area contributed by atoms with Crippen molar-refractivity contribution >= 4 is 12.1 Å². The van der Waals surface area contributed by atoms with Gasteiger partial charge in [-0.15, -0.1) is 6.58 Å². The molecular weight excluding hydrogens is 332 g/mol. The van der Waals surface area contributed by atoms with Crippen molar-refractivity contribution in [3.05, 3.63) is 66.2 Å². The fourth-order valence-corrected chi connectivity index (χ4v) is 2.26. The van der Waals surface area contributed by atoms with Crippen molar-refractivity contribution in [1.82, 2.24) is 5.43 Å². The lowest BCUT2D eigenvalue weighted by Gasteiger charge is -2.09. The molecule has 0 bridgehead atoms. The molecule has 0 radical (unpaired) electrons. The van der Waals surface area contributed by atoms with E-state index in [0.29, 0.717) is 23.7 Å². The van der Waals surface area contributed by atoms with Gasteiger partial charge in [-0.3, -0.25) is 4.79 Å². The highest BCUT2D eigenvalue weighted by Gasteiger charge is 2.06. The highest BCUT2D eigenvalue weighted by atomic mass is 16.5. The van der Waals surface area contributed by atoms with Gasteiger partial charge in [0.05, 0.1) is 20.4 Å². The molecule has 6 nitrogen and oxygen atoms in total. The van der Waals surface area contributed by atoms with Crippen molar-refractivity contribution in [2.24, 2.45) is 5.10 Å². The highest BCUT2D eigenvalue weighted by molar-refractivity contribution is 5.83. The van der Waals surface area contributed by atoms with Crippen LogP contribution in [-0.2, 0) is 11.2 Å². The van der Waals surface area contributed by atoms with E-state index in [1.54, 1.807) is 38.5 Å². The third-order valence-corrected chi connectivity index (χ3v) is 3.51. The molecule has 0 heterocycles. The summed E-state index contributed by atoms with van der Waals surface area (Å²) in [5.41, 5.74) is 4.17. The van der Waals surface area contributed by atoms with Gasteiger partial charge in [0.1, 0.15) is 5.75 Å². The molecule has 0 saturated heterocycles. The summed E-state index contributed by atoms with van der Waals surface area (Å²) in [6.07, 6.45) is 3.98. The fourth-order valence-electron chi connectivity index (χ4n) is 2.26. The number of hydrogen-bond acceptors (Lipinski definition) is 5. The molecule has 1 N–H and O–H groups in total. The number of ether oxygens (including phenoxy) is 3. The van der Waals surface area contributed by atoms with Crippen LogP contribution >= 0.6 is 0 Å². The van der Waals surface area contributed by atoms with Gasteiger partial charge in [-0.2, -0.15) is 5.10 Å². The first-order valence-corrected chi connectivity index (χ1v) is 8.03. The average Bonchev–Trinajstić information content (AvgIpc) is 2.67. The Morgan fingerprint density at radius 3 is 2.62 bits per heavy atom. The van der Waals surface area contributed by atoms with Crippen LogP contribution in [0.25, 0.3) is 0 Å². The van der Waals surface area contributed by atoms with Gasteiger partial charge in [-0.05, 0) is 41.8 Å². The summed E-state index contributed by atoms with van der Waals surface area (Å²) in [6, 6.07) is 12.9. The molecule has 2 aromatic carbocycles. The van der Waals surface area contributed by atoms with Crippen LogP contribution in [0.2, 0.25) is 0 Å². The summed E-state index contributed by atoms with van der Waals surface area (Å²) < 4.78 is 15.9. The van der Waals surface area contributed by atoms with Crippen LogP contribution in [0.4, 0.5) is 0 Å². The van der Waals surface area contributed by atoms with Crippen molar-refractivity contribution in [1.29, 1.82) is 0 Å². The Morgan fingerprint density at radius 2 is 1.88 bits per heavy atom. The number of benzene rings is 2. The second-order valence-corrected chi connectivity index (χ2v) is 5.30. The summed E-state index contributed by atoms with van der Waals surface area (Å²) in [6.45, 7) is 3.59. The Kier molecular flexibility index (Phi) is 7.24. The zero-order valence-corrected chi connectivity index (χ0v) is 14.9. The number of carbonyl (C=O) groups excluding carboxylic acids is 1. The standard InChI is InChI=1S/C20H22N2O4/c1-4-7-16-8-5-6-9-17(16)26-14-20(23)22-21-13-15-10-11-18(24-2)19(12-15)25-3/h4-6,8-13H,1,7,14H2,2-3H3,(H,22,23)/b21-13+. The average molecular weight is 354 g/mol. The first kappa shape index (κ1) is 19.1. The van der Waals surface area contributed by atoms with Gasteiger partial charge < -0.3 is 14.2 Å². The number of carbonyl (C=O) groups is 1. The molecular formula is C20H22N2O4. The van der Waals surface area contributed by atoms with E-state index in [-0.39, 0.29) is 12.5 Å². The lowest BCUT2D eigenvalue weighted by Crippen LogP contribution is -2.24. The molecule has 0 saturated carbocycles. The lowest BCUT2D eigenvalue weighted by molar-refractivity contribution is -0.123. The van der Waals surface area contributed by atoms with Gasteiger partial charge in [0.25, 0.3) is 5.91 Å². The number of allylic oxidation sites excluding steroid dienone is 1. The molecule has 2 rings (SSSR count). The van der Waals surface area contributed by atoms with E-state index in [2.05, 4.69) is 17.1 Å². The first-order valence-electron chi connectivity index (χ1n) is 8.03. The summed E-state index contributed by atoms with van der Waals surface area (Å²) in [7, 11) is 3.13. The molecule has 26 heavy (non-hydrogen) atoms. The summed E-state index contributed by atoms with van der Waals surface area (Å²) >= 11 is 0. The van der Waals surface area contributed by atoms with Crippen LogP contribution in [0.3, 0.4) is 0 Å². The third-order valence-electron chi connectivity index (χ3n) is 3.51. The third kappa shape index (κ3) is 5.37. The molecule has 0 unspecified atom stereocenters. The molecule has 0 atom stereocenters. The zero-order chi connectivity index (χ0) is 18.8. The minimum atomic E-state index is -0.352. The van der Waals surface area contributed by atoms with E-state index in [0.717, 1.165) is 11.1 Å². The topological polar surface area (TPSA) is 69.2 Å². The second kappa shape index (κ2) is 9.88. The van der Waals surface area contributed by atoms with Crippen LogP contribution < -0.4 is 19.6 Å².